The first-order chi connectivity index (χ1) is 6.74. The van der Waals surface area contributed by atoms with Crippen LogP contribution in [-0.2, 0) is 4.74 Å². The van der Waals surface area contributed by atoms with E-state index in [1.54, 1.807) is 0 Å². The van der Waals surface area contributed by atoms with Crippen LogP contribution >= 0.6 is 0 Å². The fourth-order valence-corrected chi connectivity index (χ4v) is 1.49. The second-order valence-corrected chi connectivity index (χ2v) is 3.15. The van der Waals surface area contributed by atoms with E-state index in [4.69, 9.17) is 9.84 Å². The summed E-state index contributed by atoms with van der Waals surface area (Å²) in [7, 11) is 0. The number of rotatable bonds is 2. The highest BCUT2D eigenvalue weighted by Crippen LogP contribution is 2.31. The maximum Gasteiger partial charge on any atom is 0.132 e. The molecule has 0 radical (unpaired) electrons. The smallest absolute Gasteiger partial charge is 0.132 e. The second kappa shape index (κ2) is 3.62. The standard InChI is InChI=1S/C7H11N3O4/c11-2-4-5(12)6(13)7(14-4)3-1-8-10-9-3/h1,4-7,11-13H,2H2,(H,8,9,10)/t4-,5-,6-,7+/m1/s1. The minimum Gasteiger partial charge on any atom is -0.394 e. The summed E-state index contributed by atoms with van der Waals surface area (Å²) in [6.45, 7) is -0.341. The van der Waals surface area contributed by atoms with Crippen LogP contribution in [0.5, 0.6) is 0 Å². The van der Waals surface area contributed by atoms with Crippen LogP contribution in [0.2, 0.25) is 0 Å². The third-order valence-electron chi connectivity index (χ3n) is 2.27. The van der Waals surface area contributed by atoms with Crippen molar-refractivity contribution in [3.05, 3.63) is 11.9 Å². The lowest BCUT2D eigenvalue weighted by Gasteiger charge is -2.10. The highest BCUT2D eigenvalue weighted by molar-refractivity contribution is 5.05. The molecular weight excluding hydrogens is 190 g/mol. The lowest BCUT2D eigenvalue weighted by Crippen LogP contribution is -2.32. The summed E-state index contributed by atoms with van der Waals surface area (Å²) in [6, 6.07) is 0. The van der Waals surface area contributed by atoms with Gasteiger partial charge in [0.2, 0.25) is 0 Å². The molecule has 14 heavy (non-hydrogen) atoms. The minimum absolute atomic E-state index is 0.341. The van der Waals surface area contributed by atoms with Crippen LogP contribution in [0.15, 0.2) is 6.20 Å². The van der Waals surface area contributed by atoms with E-state index in [0.717, 1.165) is 0 Å². The van der Waals surface area contributed by atoms with Crippen molar-refractivity contribution in [3.63, 3.8) is 0 Å². The van der Waals surface area contributed by atoms with Gasteiger partial charge in [0.05, 0.1) is 12.8 Å². The molecule has 78 valence electrons. The van der Waals surface area contributed by atoms with E-state index in [1.807, 2.05) is 0 Å². The van der Waals surface area contributed by atoms with Crippen molar-refractivity contribution in [2.75, 3.05) is 6.61 Å². The summed E-state index contributed by atoms with van der Waals surface area (Å²) < 4.78 is 5.21. The zero-order valence-corrected chi connectivity index (χ0v) is 7.24. The Labute approximate surface area is 79.3 Å². The first-order valence-corrected chi connectivity index (χ1v) is 4.22. The van der Waals surface area contributed by atoms with Gasteiger partial charge in [-0.15, -0.1) is 0 Å². The van der Waals surface area contributed by atoms with Gasteiger partial charge < -0.3 is 20.1 Å². The summed E-state index contributed by atoms with van der Waals surface area (Å²) in [5.41, 5.74) is 0.410. The predicted molar refractivity (Wildman–Crippen MR) is 43.1 cm³/mol. The van der Waals surface area contributed by atoms with Gasteiger partial charge in [-0.25, -0.2) is 0 Å². The number of H-pyrrole nitrogens is 1. The monoisotopic (exact) mass is 201 g/mol. The minimum atomic E-state index is -1.10. The third kappa shape index (κ3) is 1.40. The van der Waals surface area contributed by atoms with Crippen molar-refractivity contribution in [3.8, 4) is 0 Å². The molecule has 2 heterocycles. The van der Waals surface area contributed by atoms with Crippen molar-refractivity contribution in [2.24, 2.45) is 0 Å². The molecule has 7 heteroatoms. The molecule has 4 atom stereocenters. The van der Waals surface area contributed by atoms with Crippen molar-refractivity contribution in [2.45, 2.75) is 24.4 Å². The molecule has 1 saturated heterocycles. The molecule has 0 unspecified atom stereocenters. The molecule has 7 nitrogen and oxygen atoms in total. The average Bonchev–Trinajstić information content (AvgIpc) is 2.78. The quantitative estimate of drug-likeness (QED) is 0.438. The molecule has 1 aromatic rings. The molecule has 0 bridgehead atoms. The molecule has 0 spiro atoms. The molecule has 1 aliphatic rings. The number of aliphatic hydroxyl groups is 3. The largest absolute Gasteiger partial charge is 0.394 e. The lowest BCUT2D eigenvalue weighted by atomic mass is 10.1. The van der Waals surface area contributed by atoms with E-state index in [1.165, 1.54) is 6.20 Å². The van der Waals surface area contributed by atoms with Crippen molar-refractivity contribution >= 4 is 0 Å². The third-order valence-corrected chi connectivity index (χ3v) is 2.27. The number of aromatic amines is 1. The molecule has 0 aliphatic carbocycles. The number of ether oxygens (including phenoxy) is 1. The van der Waals surface area contributed by atoms with Crippen LogP contribution in [0.4, 0.5) is 0 Å². The Morgan fingerprint density at radius 1 is 1.43 bits per heavy atom. The molecule has 4 N–H and O–H groups in total. The summed E-state index contributed by atoms with van der Waals surface area (Å²) in [5, 5.41) is 37.5. The summed E-state index contributed by atoms with van der Waals surface area (Å²) in [4.78, 5) is 0. The fraction of sp³-hybridized carbons (Fsp3) is 0.714. The van der Waals surface area contributed by atoms with E-state index in [-0.39, 0.29) is 6.61 Å². The SMILES string of the molecule is OC[C@H]1O[C@@H](c2cn[nH]n2)[C@H](O)[C@@H]1O. The van der Waals surface area contributed by atoms with Crippen LogP contribution in [0.25, 0.3) is 0 Å². The topological polar surface area (TPSA) is 111 Å². The normalized spacial score (nSPS) is 37.6. The van der Waals surface area contributed by atoms with Crippen LogP contribution in [0.1, 0.15) is 11.8 Å². The van der Waals surface area contributed by atoms with Crippen molar-refractivity contribution in [1.82, 2.24) is 15.4 Å². The van der Waals surface area contributed by atoms with Crippen molar-refractivity contribution in [1.29, 1.82) is 0 Å². The van der Waals surface area contributed by atoms with Gasteiger partial charge in [-0.2, -0.15) is 15.4 Å². The Bertz CT molecular complexity index is 291. The van der Waals surface area contributed by atoms with E-state index in [9.17, 15) is 10.2 Å². The summed E-state index contributed by atoms with van der Waals surface area (Å²) in [5.74, 6) is 0. The Balaban J connectivity index is 2.16. The van der Waals surface area contributed by atoms with Gasteiger partial charge in [0.15, 0.2) is 0 Å². The van der Waals surface area contributed by atoms with Gasteiger partial charge >= 0.3 is 0 Å². The van der Waals surface area contributed by atoms with Gasteiger partial charge in [-0.05, 0) is 0 Å². The van der Waals surface area contributed by atoms with Gasteiger partial charge in [-0.3, -0.25) is 0 Å². The molecule has 0 amide bonds. The number of hydrogen-bond acceptors (Lipinski definition) is 6. The molecule has 0 saturated carbocycles. The Hall–Kier alpha value is -1.02. The lowest BCUT2D eigenvalue weighted by molar-refractivity contribution is -0.0239. The molecule has 1 aromatic heterocycles. The summed E-state index contributed by atoms with van der Waals surface area (Å²) >= 11 is 0. The first-order valence-electron chi connectivity index (χ1n) is 4.22. The van der Waals surface area contributed by atoms with E-state index >= 15 is 0 Å². The maximum atomic E-state index is 9.56. The van der Waals surface area contributed by atoms with Crippen LogP contribution in [0, 0.1) is 0 Å². The van der Waals surface area contributed by atoms with E-state index in [0.29, 0.717) is 5.69 Å². The Morgan fingerprint density at radius 2 is 2.21 bits per heavy atom. The molecular formula is C7H11N3O4. The number of aliphatic hydroxyl groups excluding tert-OH is 3. The number of nitrogens with one attached hydrogen (secondary N) is 1. The highest BCUT2D eigenvalue weighted by atomic mass is 16.6. The van der Waals surface area contributed by atoms with Crippen LogP contribution in [0.3, 0.4) is 0 Å². The Morgan fingerprint density at radius 3 is 2.71 bits per heavy atom. The molecule has 0 aromatic carbocycles. The highest BCUT2D eigenvalue weighted by Gasteiger charge is 2.44. The van der Waals surface area contributed by atoms with Gasteiger partial charge in [0.25, 0.3) is 0 Å². The molecule has 1 fully saturated rings. The zero-order valence-electron chi connectivity index (χ0n) is 7.24. The van der Waals surface area contributed by atoms with E-state index in [2.05, 4.69) is 15.4 Å². The predicted octanol–water partition coefficient (Wildman–Crippen LogP) is -2.04. The average molecular weight is 201 g/mol. The maximum absolute atomic E-state index is 9.56. The van der Waals surface area contributed by atoms with E-state index < -0.39 is 24.4 Å². The van der Waals surface area contributed by atoms with Crippen LogP contribution < -0.4 is 0 Å². The van der Waals surface area contributed by atoms with Gasteiger partial charge in [-0.1, -0.05) is 0 Å². The number of nitrogens with zero attached hydrogens (tertiary/aromatic N) is 2. The number of hydrogen-bond donors (Lipinski definition) is 4. The van der Waals surface area contributed by atoms with Crippen LogP contribution in [-0.4, -0.2) is 55.6 Å². The molecule has 1 aliphatic heterocycles. The number of aromatic nitrogens is 3. The van der Waals surface area contributed by atoms with Gasteiger partial charge in [0, 0.05) is 0 Å². The summed E-state index contributed by atoms with van der Waals surface area (Å²) in [6.07, 6.45) is -2.29. The Kier molecular flexibility index (Phi) is 2.46. The molecule has 2 rings (SSSR count). The van der Waals surface area contributed by atoms with Gasteiger partial charge in [0.1, 0.15) is 30.1 Å². The second-order valence-electron chi connectivity index (χ2n) is 3.15. The zero-order chi connectivity index (χ0) is 10.1. The first kappa shape index (κ1) is 9.53. The fourth-order valence-electron chi connectivity index (χ4n) is 1.49. The van der Waals surface area contributed by atoms with Crippen molar-refractivity contribution < 1.29 is 20.1 Å².